The molecule has 0 atom stereocenters. The second-order valence-corrected chi connectivity index (χ2v) is 4.15. The minimum absolute atomic E-state index is 0.0319. The van der Waals surface area contributed by atoms with Crippen molar-refractivity contribution >= 4 is 5.69 Å². The third kappa shape index (κ3) is 5.57. The van der Waals surface area contributed by atoms with Crippen LogP contribution in [0.25, 0.3) is 0 Å². The fraction of sp³-hybridized carbons (Fsp3) is 0.636. The van der Waals surface area contributed by atoms with Crippen LogP contribution in [-0.2, 0) is 11.3 Å². The quantitative estimate of drug-likeness (QED) is 0.728. The van der Waals surface area contributed by atoms with Crippen molar-refractivity contribution < 1.29 is 17.9 Å². The van der Waals surface area contributed by atoms with Gasteiger partial charge in [0.1, 0.15) is 6.61 Å². The molecule has 0 aliphatic rings. The van der Waals surface area contributed by atoms with Crippen LogP contribution in [-0.4, -0.2) is 49.3 Å². The first kappa shape index (κ1) is 16.4. The van der Waals surface area contributed by atoms with E-state index in [-0.39, 0.29) is 13.2 Å². The maximum absolute atomic E-state index is 11.9. The van der Waals surface area contributed by atoms with Crippen LogP contribution in [0.15, 0.2) is 17.1 Å². The van der Waals surface area contributed by atoms with Gasteiger partial charge in [-0.1, -0.05) is 0 Å². The van der Waals surface area contributed by atoms with E-state index in [0.29, 0.717) is 18.8 Å². The Morgan fingerprint density at radius 2 is 2.20 bits per heavy atom. The minimum atomic E-state index is -4.37. The molecule has 0 aliphatic carbocycles. The molecule has 0 unspecified atom stereocenters. The van der Waals surface area contributed by atoms with Crippen LogP contribution in [0.4, 0.5) is 18.9 Å². The maximum atomic E-state index is 11.9. The normalized spacial score (nSPS) is 11.7. The summed E-state index contributed by atoms with van der Waals surface area (Å²) in [5.74, 6) is 0. The molecule has 0 spiro atoms. The van der Waals surface area contributed by atoms with E-state index in [9.17, 15) is 18.0 Å². The number of alkyl halides is 3. The van der Waals surface area contributed by atoms with Crippen LogP contribution in [0.2, 0.25) is 0 Å². The van der Waals surface area contributed by atoms with E-state index < -0.39 is 18.3 Å². The van der Waals surface area contributed by atoms with Crippen molar-refractivity contribution in [3.8, 4) is 0 Å². The summed E-state index contributed by atoms with van der Waals surface area (Å²) in [6, 6.07) is 1.35. The zero-order valence-electron chi connectivity index (χ0n) is 11.1. The number of likely N-dealkylation sites (N-methyl/N-ethyl adjacent to an activating group) is 1. The molecular formula is C11H17F3N4O2. The molecule has 0 radical (unpaired) electrons. The van der Waals surface area contributed by atoms with Crippen LogP contribution in [0.1, 0.15) is 0 Å². The van der Waals surface area contributed by atoms with Gasteiger partial charge in [0.15, 0.2) is 0 Å². The van der Waals surface area contributed by atoms with E-state index in [1.54, 1.807) is 11.9 Å². The van der Waals surface area contributed by atoms with Crippen molar-refractivity contribution in [3.05, 3.63) is 22.6 Å². The Morgan fingerprint density at radius 3 is 2.75 bits per heavy atom. The molecular weight excluding hydrogens is 277 g/mol. The van der Waals surface area contributed by atoms with E-state index in [0.717, 1.165) is 4.68 Å². The summed E-state index contributed by atoms with van der Waals surface area (Å²) in [5, 5.41) is 3.88. The van der Waals surface area contributed by atoms with Gasteiger partial charge in [-0.25, -0.2) is 4.68 Å². The van der Waals surface area contributed by atoms with Crippen LogP contribution in [0.3, 0.4) is 0 Å². The van der Waals surface area contributed by atoms with Crippen molar-refractivity contribution in [2.45, 2.75) is 12.7 Å². The Hall–Kier alpha value is -1.61. The Morgan fingerprint density at radius 1 is 1.50 bits per heavy atom. The molecule has 0 aromatic carbocycles. The van der Waals surface area contributed by atoms with E-state index in [2.05, 4.69) is 9.84 Å². The lowest BCUT2D eigenvalue weighted by atomic mass is 10.4. The number of nitrogens with two attached hydrogens (primary N) is 1. The van der Waals surface area contributed by atoms with Crippen molar-refractivity contribution in [1.29, 1.82) is 0 Å². The number of aromatic nitrogens is 2. The highest BCUT2D eigenvalue weighted by Gasteiger charge is 2.27. The summed E-state index contributed by atoms with van der Waals surface area (Å²) in [6.07, 6.45) is -2.91. The molecule has 0 saturated heterocycles. The minimum Gasteiger partial charge on any atom is -0.372 e. The molecule has 0 amide bonds. The standard InChI is InChI=1S/C11H17F3N4O2/c1-17(3-2-15)9-6-10(19)18(16-7-9)4-5-20-8-11(12,13)14/h6-7H,2-5,8,15H2,1H3. The molecule has 20 heavy (non-hydrogen) atoms. The van der Waals surface area contributed by atoms with E-state index >= 15 is 0 Å². The fourth-order valence-electron chi connectivity index (χ4n) is 1.46. The molecule has 1 aromatic rings. The molecule has 1 heterocycles. The average molecular weight is 294 g/mol. The van der Waals surface area contributed by atoms with E-state index in [1.807, 2.05) is 0 Å². The lowest BCUT2D eigenvalue weighted by molar-refractivity contribution is -0.174. The molecule has 1 aromatic heterocycles. The van der Waals surface area contributed by atoms with Crippen molar-refractivity contribution in [2.75, 3.05) is 38.3 Å². The number of hydrogen-bond acceptors (Lipinski definition) is 5. The monoisotopic (exact) mass is 294 g/mol. The van der Waals surface area contributed by atoms with Crippen molar-refractivity contribution in [2.24, 2.45) is 5.73 Å². The topological polar surface area (TPSA) is 73.4 Å². The smallest absolute Gasteiger partial charge is 0.372 e. The number of nitrogens with zero attached hydrogens (tertiary/aromatic N) is 3. The second-order valence-electron chi connectivity index (χ2n) is 4.15. The summed E-state index contributed by atoms with van der Waals surface area (Å²) < 4.78 is 41.0. The largest absolute Gasteiger partial charge is 0.411 e. The summed E-state index contributed by atoms with van der Waals surface area (Å²) in [6.45, 7) is -0.593. The lowest BCUT2D eigenvalue weighted by Crippen LogP contribution is -2.30. The van der Waals surface area contributed by atoms with Gasteiger partial charge >= 0.3 is 6.18 Å². The lowest BCUT2D eigenvalue weighted by Gasteiger charge is -2.17. The predicted molar refractivity (Wildman–Crippen MR) is 67.7 cm³/mol. The highest BCUT2D eigenvalue weighted by molar-refractivity contribution is 5.41. The van der Waals surface area contributed by atoms with Gasteiger partial charge in [-0.2, -0.15) is 18.3 Å². The van der Waals surface area contributed by atoms with E-state index in [1.165, 1.54) is 12.3 Å². The highest BCUT2D eigenvalue weighted by atomic mass is 19.4. The van der Waals surface area contributed by atoms with Gasteiger partial charge in [-0.3, -0.25) is 4.79 Å². The van der Waals surface area contributed by atoms with Crippen molar-refractivity contribution in [3.63, 3.8) is 0 Å². The predicted octanol–water partition coefficient (Wildman–Crippen LogP) is 0.217. The van der Waals surface area contributed by atoms with Gasteiger partial charge in [0.2, 0.25) is 0 Å². The Bertz CT molecular complexity index is 475. The summed E-state index contributed by atoms with van der Waals surface area (Å²) in [4.78, 5) is 13.5. The summed E-state index contributed by atoms with van der Waals surface area (Å²) in [7, 11) is 1.76. The first-order valence-electron chi connectivity index (χ1n) is 5.96. The Kier molecular flexibility index (Phi) is 5.96. The van der Waals surface area contributed by atoms with Gasteiger partial charge < -0.3 is 15.4 Å². The van der Waals surface area contributed by atoms with Gasteiger partial charge in [0, 0.05) is 26.2 Å². The molecule has 2 N–H and O–H groups in total. The second kappa shape index (κ2) is 7.25. The van der Waals surface area contributed by atoms with E-state index in [4.69, 9.17) is 5.73 Å². The number of hydrogen-bond donors (Lipinski definition) is 1. The number of rotatable bonds is 7. The molecule has 0 bridgehead atoms. The highest BCUT2D eigenvalue weighted by Crippen LogP contribution is 2.14. The molecule has 9 heteroatoms. The SMILES string of the molecule is CN(CCN)c1cnn(CCOCC(F)(F)F)c(=O)c1. The van der Waals surface area contributed by atoms with Crippen molar-refractivity contribution in [1.82, 2.24) is 9.78 Å². The third-order valence-electron chi connectivity index (χ3n) is 2.47. The zero-order valence-corrected chi connectivity index (χ0v) is 11.1. The number of halogens is 3. The number of anilines is 1. The van der Waals surface area contributed by atoms with Gasteiger partial charge in [0.05, 0.1) is 25.0 Å². The first-order chi connectivity index (χ1) is 9.33. The molecule has 0 saturated carbocycles. The zero-order chi connectivity index (χ0) is 15.2. The fourth-order valence-corrected chi connectivity index (χ4v) is 1.46. The first-order valence-corrected chi connectivity index (χ1v) is 5.96. The van der Waals surface area contributed by atoms with Gasteiger partial charge in [-0.15, -0.1) is 0 Å². The molecule has 0 fully saturated rings. The molecule has 6 nitrogen and oxygen atoms in total. The number of ether oxygens (including phenoxy) is 1. The van der Waals surface area contributed by atoms with Crippen LogP contribution in [0, 0.1) is 0 Å². The van der Waals surface area contributed by atoms with Crippen LogP contribution >= 0.6 is 0 Å². The van der Waals surface area contributed by atoms with Gasteiger partial charge in [-0.05, 0) is 0 Å². The Labute approximate surface area is 113 Å². The maximum Gasteiger partial charge on any atom is 0.411 e. The molecule has 114 valence electrons. The summed E-state index contributed by atoms with van der Waals surface area (Å²) >= 11 is 0. The third-order valence-corrected chi connectivity index (χ3v) is 2.47. The Balaban J connectivity index is 2.54. The summed E-state index contributed by atoms with van der Waals surface area (Å²) in [5.41, 5.74) is 5.60. The van der Waals surface area contributed by atoms with Crippen LogP contribution in [0.5, 0.6) is 0 Å². The molecule has 0 aliphatic heterocycles. The molecule has 1 rings (SSSR count). The average Bonchev–Trinajstić information content (AvgIpc) is 2.35. The van der Waals surface area contributed by atoms with Crippen LogP contribution < -0.4 is 16.2 Å². The van der Waals surface area contributed by atoms with Gasteiger partial charge in [0.25, 0.3) is 5.56 Å².